The summed E-state index contributed by atoms with van der Waals surface area (Å²) in [4.78, 5) is 39.1. The van der Waals surface area contributed by atoms with Crippen molar-refractivity contribution in [1.29, 1.82) is 0 Å². The first-order valence-electron chi connectivity index (χ1n) is 8.08. The maximum atomic E-state index is 12.9. The molecule has 2 bridgehead atoms. The van der Waals surface area contributed by atoms with Gasteiger partial charge < -0.3 is 5.32 Å². The summed E-state index contributed by atoms with van der Waals surface area (Å²) in [6.45, 7) is 5.69. The number of piperidine rings is 1. The Kier molecular flexibility index (Phi) is 4.22. The Balaban J connectivity index is 1.76. The van der Waals surface area contributed by atoms with Gasteiger partial charge in [0.25, 0.3) is 0 Å². The van der Waals surface area contributed by atoms with Crippen molar-refractivity contribution >= 4 is 46.0 Å². The quantitative estimate of drug-likeness (QED) is 0.581. The third-order valence-corrected chi connectivity index (χ3v) is 6.66. The number of anilines is 1. The molecule has 3 rings (SSSR count). The van der Waals surface area contributed by atoms with Gasteiger partial charge in [0.2, 0.25) is 17.7 Å². The first kappa shape index (κ1) is 17.4. The standard InChI is InChI=1S/C18H21IN2O3/c1-17(2)13-8-9-18(17,3)16(24)21(15(13)23)10-14(22)20-12-6-4-11(19)5-7-12/h4-7,13H,8-10H2,1-3H3,(H,20,22). The van der Waals surface area contributed by atoms with E-state index >= 15 is 0 Å². The molecule has 1 aliphatic carbocycles. The molecule has 0 radical (unpaired) electrons. The van der Waals surface area contributed by atoms with E-state index in [1.807, 2.05) is 32.9 Å². The lowest BCUT2D eigenvalue weighted by Gasteiger charge is -2.47. The highest BCUT2D eigenvalue weighted by atomic mass is 127. The smallest absolute Gasteiger partial charge is 0.244 e. The molecule has 1 saturated heterocycles. The molecule has 1 saturated carbocycles. The fourth-order valence-corrected chi connectivity index (χ4v) is 4.29. The molecule has 3 amide bonds. The van der Waals surface area contributed by atoms with E-state index < -0.39 is 5.41 Å². The average molecular weight is 440 g/mol. The highest BCUT2D eigenvalue weighted by molar-refractivity contribution is 14.1. The number of fused-ring (bicyclic) bond motifs is 2. The van der Waals surface area contributed by atoms with Crippen LogP contribution >= 0.6 is 22.6 Å². The summed E-state index contributed by atoms with van der Waals surface area (Å²) in [6, 6.07) is 7.37. The van der Waals surface area contributed by atoms with Gasteiger partial charge in [-0.2, -0.15) is 0 Å². The molecule has 1 aromatic carbocycles. The van der Waals surface area contributed by atoms with E-state index in [9.17, 15) is 14.4 Å². The molecule has 2 unspecified atom stereocenters. The molecule has 1 aromatic rings. The topological polar surface area (TPSA) is 66.5 Å². The van der Waals surface area contributed by atoms with E-state index in [-0.39, 0.29) is 35.6 Å². The van der Waals surface area contributed by atoms with E-state index in [0.29, 0.717) is 18.5 Å². The first-order chi connectivity index (χ1) is 11.2. The number of hydrogen-bond donors (Lipinski definition) is 1. The fraction of sp³-hybridized carbons (Fsp3) is 0.500. The van der Waals surface area contributed by atoms with Crippen molar-refractivity contribution in [1.82, 2.24) is 4.90 Å². The van der Waals surface area contributed by atoms with Gasteiger partial charge >= 0.3 is 0 Å². The molecule has 0 aromatic heterocycles. The predicted octanol–water partition coefficient (Wildman–Crippen LogP) is 3.04. The summed E-state index contributed by atoms with van der Waals surface area (Å²) in [7, 11) is 0. The molecule has 2 aliphatic rings. The summed E-state index contributed by atoms with van der Waals surface area (Å²) >= 11 is 2.19. The van der Waals surface area contributed by atoms with Crippen LogP contribution in [0.25, 0.3) is 0 Å². The SMILES string of the molecule is CC12CCC(C(=O)N(CC(=O)Nc3ccc(I)cc3)C1=O)C2(C)C. The summed E-state index contributed by atoms with van der Waals surface area (Å²) < 4.78 is 1.07. The Bertz CT molecular complexity index is 713. The Labute approximate surface area is 155 Å². The van der Waals surface area contributed by atoms with E-state index in [1.165, 1.54) is 0 Å². The molecule has 1 aliphatic heterocycles. The summed E-state index contributed by atoms with van der Waals surface area (Å²) in [6.07, 6.45) is 1.41. The van der Waals surface area contributed by atoms with Crippen molar-refractivity contribution in [3.63, 3.8) is 0 Å². The Morgan fingerprint density at radius 3 is 2.50 bits per heavy atom. The number of carbonyl (C=O) groups excluding carboxylic acids is 3. The van der Waals surface area contributed by atoms with Gasteiger partial charge in [-0.1, -0.05) is 20.8 Å². The number of nitrogens with zero attached hydrogens (tertiary/aromatic N) is 1. The van der Waals surface area contributed by atoms with Crippen LogP contribution in [-0.4, -0.2) is 29.2 Å². The normalized spacial score (nSPS) is 28.2. The minimum atomic E-state index is -0.575. The molecule has 2 fully saturated rings. The minimum Gasteiger partial charge on any atom is -0.325 e. The van der Waals surface area contributed by atoms with Crippen molar-refractivity contribution in [2.45, 2.75) is 33.6 Å². The summed E-state index contributed by atoms with van der Waals surface area (Å²) in [5, 5.41) is 2.75. The zero-order valence-electron chi connectivity index (χ0n) is 14.1. The van der Waals surface area contributed by atoms with Gasteiger partial charge in [0.05, 0.1) is 5.41 Å². The second-order valence-corrected chi connectivity index (χ2v) is 8.68. The van der Waals surface area contributed by atoms with Crippen LogP contribution in [0.2, 0.25) is 0 Å². The van der Waals surface area contributed by atoms with Crippen LogP contribution in [0.4, 0.5) is 5.69 Å². The third kappa shape index (κ3) is 2.55. The van der Waals surface area contributed by atoms with Gasteiger partial charge in [-0.05, 0) is 65.1 Å². The number of hydrogen-bond acceptors (Lipinski definition) is 3. The van der Waals surface area contributed by atoms with Gasteiger partial charge in [-0.25, -0.2) is 0 Å². The zero-order valence-corrected chi connectivity index (χ0v) is 16.2. The molecule has 6 heteroatoms. The molecular formula is C18H21IN2O3. The Hall–Kier alpha value is -1.44. The molecule has 1 N–H and O–H groups in total. The lowest BCUT2D eigenvalue weighted by Crippen LogP contribution is -2.60. The van der Waals surface area contributed by atoms with Gasteiger partial charge in [0, 0.05) is 15.2 Å². The maximum Gasteiger partial charge on any atom is 0.244 e. The molecule has 5 nitrogen and oxygen atoms in total. The molecule has 0 spiro atoms. The van der Waals surface area contributed by atoms with Crippen molar-refractivity contribution < 1.29 is 14.4 Å². The fourth-order valence-electron chi connectivity index (χ4n) is 3.93. The number of likely N-dealkylation sites (tertiary alicyclic amines) is 1. The third-order valence-electron chi connectivity index (χ3n) is 5.94. The van der Waals surface area contributed by atoms with Gasteiger partial charge in [0.1, 0.15) is 6.54 Å². The highest BCUT2D eigenvalue weighted by Crippen LogP contribution is 2.59. The molecule has 128 valence electrons. The molecule has 24 heavy (non-hydrogen) atoms. The van der Waals surface area contributed by atoms with Crippen LogP contribution in [0.1, 0.15) is 33.6 Å². The second kappa shape index (κ2) is 5.82. The lowest BCUT2D eigenvalue weighted by molar-refractivity contribution is -0.168. The van der Waals surface area contributed by atoms with Crippen LogP contribution in [-0.2, 0) is 14.4 Å². The van der Waals surface area contributed by atoms with E-state index in [2.05, 4.69) is 27.9 Å². The van der Waals surface area contributed by atoms with Crippen LogP contribution in [0, 0.1) is 20.3 Å². The number of imide groups is 1. The highest BCUT2D eigenvalue weighted by Gasteiger charge is 2.64. The minimum absolute atomic E-state index is 0.189. The average Bonchev–Trinajstić information content (AvgIpc) is 2.71. The maximum absolute atomic E-state index is 12.9. The largest absolute Gasteiger partial charge is 0.325 e. The zero-order chi connectivity index (χ0) is 17.7. The number of rotatable bonds is 3. The van der Waals surface area contributed by atoms with Crippen molar-refractivity contribution in [2.24, 2.45) is 16.7 Å². The van der Waals surface area contributed by atoms with Crippen molar-refractivity contribution in [2.75, 3.05) is 11.9 Å². The molecule has 1 heterocycles. The van der Waals surface area contributed by atoms with Gasteiger partial charge in [-0.3, -0.25) is 19.3 Å². The molecule has 2 atom stereocenters. The summed E-state index contributed by atoms with van der Waals surface area (Å²) in [5.41, 5.74) is -0.272. The number of amides is 3. The summed E-state index contributed by atoms with van der Waals surface area (Å²) in [5.74, 6) is -0.964. The first-order valence-corrected chi connectivity index (χ1v) is 9.16. The van der Waals surface area contributed by atoms with E-state index in [1.54, 1.807) is 12.1 Å². The van der Waals surface area contributed by atoms with Crippen LogP contribution in [0.3, 0.4) is 0 Å². The Morgan fingerprint density at radius 1 is 1.25 bits per heavy atom. The number of nitrogens with one attached hydrogen (secondary N) is 1. The van der Waals surface area contributed by atoms with Crippen molar-refractivity contribution in [3.05, 3.63) is 27.8 Å². The van der Waals surface area contributed by atoms with Crippen LogP contribution in [0.5, 0.6) is 0 Å². The lowest BCUT2D eigenvalue weighted by atomic mass is 9.62. The molecular weight excluding hydrogens is 419 g/mol. The van der Waals surface area contributed by atoms with Gasteiger partial charge in [0.15, 0.2) is 0 Å². The van der Waals surface area contributed by atoms with E-state index in [4.69, 9.17) is 0 Å². The predicted molar refractivity (Wildman–Crippen MR) is 99.1 cm³/mol. The van der Waals surface area contributed by atoms with E-state index in [0.717, 1.165) is 8.47 Å². The van der Waals surface area contributed by atoms with Crippen LogP contribution < -0.4 is 5.32 Å². The van der Waals surface area contributed by atoms with Crippen molar-refractivity contribution in [3.8, 4) is 0 Å². The number of carbonyl (C=O) groups is 3. The second-order valence-electron chi connectivity index (χ2n) is 7.43. The number of halogens is 1. The Morgan fingerprint density at radius 2 is 1.88 bits per heavy atom. The number of benzene rings is 1. The van der Waals surface area contributed by atoms with Gasteiger partial charge in [-0.15, -0.1) is 0 Å². The monoisotopic (exact) mass is 440 g/mol. The van der Waals surface area contributed by atoms with Crippen LogP contribution in [0.15, 0.2) is 24.3 Å².